The third-order valence-electron chi connectivity index (χ3n) is 6.51. The normalized spacial score (nSPS) is 16.5. The maximum atomic E-state index is 9.93. The Bertz CT molecular complexity index is 1170. The van der Waals surface area contributed by atoms with Crippen molar-refractivity contribution in [3.05, 3.63) is 43.2 Å². The van der Waals surface area contributed by atoms with Crippen molar-refractivity contribution in [1.82, 2.24) is 34.2 Å². The third kappa shape index (κ3) is 3.76. The summed E-state index contributed by atoms with van der Waals surface area (Å²) in [6, 6.07) is 2.43. The lowest BCUT2D eigenvalue weighted by molar-refractivity contribution is 0.145. The standard InChI is InChI=1S/C23H29N7O/c1-3-19(31)14-28-12-17(10-25-28)20-15-30-22(8-9-24-30)23(27-20)18-11-26-29(13-18)21(4-2)16-6-5-7-16/h8-13,15-16,19,21,31H,3-7,14H2,1-2H3/t19-,21-/m0/s1. The lowest BCUT2D eigenvalue weighted by Crippen LogP contribution is -2.25. The molecule has 2 atom stereocenters. The second-order valence-electron chi connectivity index (χ2n) is 8.52. The van der Waals surface area contributed by atoms with E-state index in [1.165, 1.54) is 19.3 Å². The summed E-state index contributed by atoms with van der Waals surface area (Å²) in [5, 5.41) is 23.5. The second-order valence-corrected chi connectivity index (χ2v) is 8.52. The van der Waals surface area contributed by atoms with Gasteiger partial charge in [-0.15, -0.1) is 0 Å². The van der Waals surface area contributed by atoms with Crippen molar-refractivity contribution in [2.75, 3.05) is 0 Å². The van der Waals surface area contributed by atoms with Gasteiger partial charge < -0.3 is 5.11 Å². The van der Waals surface area contributed by atoms with E-state index in [1.54, 1.807) is 17.1 Å². The van der Waals surface area contributed by atoms with Gasteiger partial charge in [-0.1, -0.05) is 20.3 Å². The summed E-state index contributed by atoms with van der Waals surface area (Å²) in [6.07, 6.45) is 16.8. The lowest BCUT2D eigenvalue weighted by Gasteiger charge is -2.33. The van der Waals surface area contributed by atoms with Gasteiger partial charge in [-0.2, -0.15) is 15.3 Å². The van der Waals surface area contributed by atoms with Crippen LogP contribution in [0.4, 0.5) is 0 Å². The fourth-order valence-electron chi connectivity index (χ4n) is 4.42. The molecule has 1 aliphatic rings. The highest BCUT2D eigenvalue weighted by atomic mass is 16.3. The summed E-state index contributed by atoms with van der Waals surface area (Å²) in [4.78, 5) is 4.97. The maximum absolute atomic E-state index is 9.93. The second kappa shape index (κ2) is 8.26. The van der Waals surface area contributed by atoms with Gasteiger partial charge in [0.05, 0.1) is 60.4 Å². The van der Waals surface area contributed by atoms with Crippen LogP contribution in [0.2, 0.25) is 0 Å². The molecule has 1 N–H and O–H groups in total. The number of aliphatic hydroxyl groups excluding tert-OH is 1. The number of aliphatic hydroxyl groups is 1. The number of hydrogen-bond acceptors (Lipinski definition) is 5. The molecule has 0 amide bonds. The Morgan fingerprint density at radius 1 is 1.03 bits per heavy atom. The summed E-state index contributed by atoms with van der Waals surface area (Å²) in [5.74, 6) is 0.733. The predicted molar refractivity (Wildman–Crippen MR) is 118 cm³/mol. The van der Waals surface area contributed by atoms with E-state index in [0.29, 0.717) is 19.0 Å². The smallest absolute Gasteiger partial charge is 0.0999 e. The van der Waals surface area contributed by atoms with Crippen molar-refractivity contribution in [2.24, 2.45) is 5.92 Å². The Morgan fingerprint density at radius 3 is 2.61 bits per heavy atom. The molecule has 4 aromatic heterocycles. The van der Waals surface area contributed by atoms with Gasteiger partial charge in [0.1, 0.15) is 0 Å². The van der Waals surface area contributed by atoms with E-state index in [1.807, 2.05) is 36.1 Å². The van der Waals surface area contributed by atoms with Gasteiger partial charge in [0.15, 0.2) is 0 Å². The summed E-state index contributed by atoms with van der Waals surface area (Å²) >= 11 is 0. The van der Waals surface area contributed by atoms with Gasteiger partial charge in [0.2, 0.25) is 0 Å². The molecule has 0 radical (unpaired) electrons. The zero-order valence-corrected chi connectivity index (χ0v) is 18.1. The van der Waals surface area contributed by atoms with Crippen molar-refractivity contribution >= 4 is 5.52 Å². The van der Waals surface area contributed by atoms with Crippen LogP contribution < -0.4 is 0 Å². The average Bonchev–Trinajstić information content (AvgIpc) is 3.49. The van der Waals surface area contributed by atoms with Gasteiger partial charge in [-0.3, -0.25) is 9.36 Å². The third-order valence-corrected chi connectivity index (χ3v) is 6.51. The molecule has 0 aliphatic heterocycles. The van der Waals surface area contributed by atoms with Crippen LogP contribution in [-0.4, -0.2) is 45.4 Å². The molecule has 0 unspecified atom stereocenters. The first-order valence-electron chi connectivity index (χ1n) is 11.3. The van der Waals surface area contributed by atoms with Crippen LogP contribution >= 0.6 is 0 Å². The fourth-order valence-corrected chi connectivity index (χ4v) is 4.42. The molecule has 0 bridgehead atoms. The predicted octanol–water partition coefficient (Wildman–Crippen LogP) is 3.98. The lowest BCUT2D eigenvalue weighted by atomic mass is 9.79. The number of nitrogens with zero attached hydrogens (tertiary/aromatic N) is 7. The van der Waals surface area contributed by atoms with Gasteiger partial charge >= 0.3 is 0 Å². The van der Waals surface area contributed by atoms with Gasteiger partial charge in [0, 0.05) is 23.5 Å². The molecule has 1 fully saturated rings. The molecule has 0 spiro atoms. The quantitative estimate of drug-likeness (QED) is 0.467. The Labute approximate surface area is 181 Å². The van der Waals surface area contributed by atoms with E-state index in [0.717, 1.165) is 40.4 Å². The van der Waals surface area contributed by atoms with E-state index in [-0.39, 0.29) is 0 Å². The molecular formula is C23H29N7O. The molecule has 4 aromatic rings. The van der Waals surface area contributed by atoms with E-state index in [9.17, 15) is 5.11 Å². The van der Waals surface area contributed by atoms with Crippen LogP contribution in [0.1, 0.15) is 52.0 Å². The molecule has 1 saturated carbocycles. The topological polar surface area (TPSA) is 86.1 Å². The highest BCUT2D eigenvalue weighted by Crippen LogP contribution is 2.38. The highest BCUT2D eigenvalue weighted by molar-refractivity contribution is 5.78. The SMILES string of the molecule is CC[C@H](O)Cn1cc(-c2cn3nccc3c(-c3cnn([C@@H](CC)C4CCC4)c3)n2)cn1. The number of fused-ring (bicyclic) bond motifs is 1. The first-order chi connectivity index (χ1) is 15.2. The van der Waals surface area contributed by atoms with E-state index < -0.39 is 6.10 Å². The van der Waals surface area contributed by atoms with Crippen molar-refractivity contribution in [2.45, 2.75) is 64.6 Å². The zero-order valence-electron chi connectivity index (χ0n) is 18.1. The fraction of sp³-hybridized carbons (Fsp3) is 0.478. The Hall–Kier alpha value is -3.00. The van der Waals surface area contributed by atoms with Crippen LogP contribution in [0.3, 0.4) is 0 Å². The van der Waals surface area contributed by atoms with Crippen molar-refractivity contribution < 1.29 is 5.11 Å². The van der Waals surface area contributed by atoms with Crippen molar-refractivity contribution in [3.63, 3.8) is 0 Å². The average molecular weight is 420 g/mol. The first-order valence-corrected chi connectivity index (χ1v) is 11.3. The molecular weight excluding hydrogens is 390 g/mol. The van der Waals surface area contributed by atoms with Crippen LogP contribution in [0.5, 0.6) is 0 Å². The van der Waals surface area contributed by atoms with E-state index >= 15 is 0 Å². The number of rotatable bonds is 8. The van der Waals surface area contributed by atoms with Gasteiger partial charge in [0.25, 0.3) is 0 Å². The summed E-state index contributed by atoms with van der Waals surface area (Å²) in [7, 11) is 0. The van der Waals surface area contributed by atoms with Crippen LogP contribution in [0, 0.1) is 5.92 Å². The van der Waals surface area contributed by atoms with Gasteiger partial charge in [-0.25, -0.2) is 9.50 Å². The van der Waals surface area contributed by atoms with Crippen LogP contribution in [0.25, 0.3) is 28.0 Å². The van der Waals surface area contributed by atoms with Crippen molar-refractivity contribution in [1.29, 1.82) is 0 Å². The summed E-state index contributed by atoms with van der Waals surface area (Å²) in [5.41, 5.74) is 4.51. The number of aromatic nitrogens is 7. The molecule has 0 saturated heterocycles. The molecule has 0 aromatic carbocycles. The molecule has 8 heteroatoms. The van der Waals surface area contributed by atoms with E-state index in [4.69, 9.17) is 10.1 Å². The zero-order chi connectivity index (χ0) is 21.4. The number of hydrogen-bond donors (Lipinski definition) is 1. The first kappa shape index (κ1) is 19.9. The Balaban J connectivity index is 1.51. The monoisotopic (exact) mass is 419 g/mol. The molecule has 5 rings (SSSR count). The van der Waals surface area contributed by atoms with E-state index in [2.05, 4.69) is 28.0 Å². The minimum atomic E-state index is -0.405. The largest absolute Gasteiger partial charge is 0.391 e. The van der Waals surface area contributed by atoms with Crippen molar-refractivity contribution in [3.8, 4) is 22.5 Å². The summed E-state index contributed by atoms with van der Waals surface area (Å²) in [6.45, 7) is 4.67. The molecule has 31 heavy (non-hydrogen) atoms. The van der Waals surface area contributed by atoms with Crippen LogP contribution in [-0.2, 0) is 6.54 Å². The van der Waals surface area contributed by atoms with Gasteiger partial charge in [-0.05, 0) is 37.7 Å². The molecule has 8 nitrogen and oxygen atoms in total. The summed E-state index contributed by atoms with van der Waals surface area (Å²) < 4.78 is 5.75. The molecule has 4 heterocycles. The van der Waals surface area contributed by atoms with Crippen LogP contribution in [0.15, 0.2) is 43.2 Å². The Kier molecular flexibility index (Phi) is 5.31. The minimum absolute atomic E-state index is 0.405. The highest BCUT2D eigenvalue weighted by Gasteiger charge is 2.28. The maximum Gasteiger partial charge on any atom is 0.0999 e. The Morgan fingerprint density at radius 2 is 1.87 bits per heavy atom. The molecule has 1 aliphatic carbocycles. The minimum Gasteiger partial charge on any atom is -0.391 e. The molecule has 162 valence electrons.